The van der Waals surface area contributed by atoms with Crippen molar-refractivity contribution in [2.24, 2.45) is 11.8 Å². The molecule has 2 aliphatic heterocycles. The molecule has 116 valence electrons. The Bertz CT molecular complexity index is 797. The number of fused-ring (bicyclic) bond motifs is 2. The van der Waals surface area contributed by atoms with Crippen molar-refractivity contribution < 1.29 is 13.2 Å². The molecule has 2 bridgehead atoms. The Labute approximate surface area is 130 Å². The lowest BCUT2D eigenvalue weighted by atomic mass is 9.85. The number of Topliss-reactive ketones (excluding diaryl/α,β-unsaturated/α-hetero) is 1. The van der Waals surface area contributed by atoms with Gasteiger partial charge in [-0.05, 0) is 29.5 Å². The minimum atomic E-state index is -3.54. The maximum Gasteiger partial charge on any atom is 0.245 e. The van der Waals surface area contributed by atoms with Gasteiger partial charge in [0.15, 0.2) is 5.78 Å². The first-order valence-corrected chi connectivity index (χ1v) is 9.00. The monoisotopic (exact) mass is 318 g/mol. The van der Waals surface area contributed by atoms with Gasteiger partial charge in [0.2, 0.25) is 10.0 Å². The summed E-state index contributed by atoms with van der Waals surface area (Å²) in [7, 11) is -3.54. The van der Waals surface area contributed by atoms with E-state index in [4.69, 9.17) is 0 Å². The first-order chi connectivity index (χ1) is 10.5. The number of para-hydroxylation sites is 1. The summed E-state index contributed by atoms with van der Waals surface area (Å²) in [4.78, 5) is 12.6. The van der Waals surface area contributed by atoms with E-state index < -0.39 is 10.0 Å². The molecule has 0 saturated carbocycles. The maximum absolute atomic E-state index is 13.0. The number of rotatable bonds is 0. The molecule has 4 rings (SSSR count). The van der Waals surface area contributed by atoms with Crippen LogP contribution in [0.3, 0.4) is 0 Å². The Morgan fingerprint density at radius 1 is 1.27 bits per heavy atom. The highest BCUT2D eigenvalue weighted by Crippen LogP contribution is 2.42. The van der Waals surface area contributed by atoms with Gasteiger partial charge in [-0.15, -0.1) is 0 Å². The summed E-state index contributed by atoms with van der Waals surface area (Å²) in [5.41, 5.74) is 2.38. The van der Waals surface area contributed by atoms with E-state index in [1.54, 1.807) is 24.3 Å². The molecule has 6 heteroatoms. The van der Waals surface area contributed by atoms with Crippen LogP contribution in [0.4, 0.5) is 5.69 Å². The summed E-state index contributed by atoms with van der Waals surface area (Å²) in [6, 6.07) is 6.93. The van der Waals surface area contributed by atoms with Gasteiger partial charge in [0.25, 0.3) is 0 Å². The van der Waals surface area contributed by atoms with Gasteiger partial charge in [-0.25, -0.2) is 8.42 Å². The number of benzene rings is 1. The van der Waals surface area contributed by atoms with Crippen LogP contribution < -0.4 is 5.32 Å². The first kappa shape index (κ1) is 14.0. The molecule has 1 fully saturated rings. The molecule has 1 unspecified atom stereocenters. The van der Waals surface area contributed by atoms with E-state index in [0.29, 0.717) is 36.6 Å². The number of carbonyl (C=O) groups excluding carboxylic acids is 1. The molecule has 5 nitrogen and oxygen atoms in total. The normalized spacial score (nSPS) is 32.6. The van der Waals surface area contributed by atoms with Gasteiger partial charge < -0.3 is 5.32 Å². The van der Waals surface area contributed by atoms with E-state index in [-0.39, 0.29) is 17.6 Å². The zero-order chi connectivity index (χ0) is 15.5. The number of nitrogens with one attached hydrogen (secondary N) is 1. The number of piperidine rings is 1. The van der Waals surface area contributed by atoms with Crippen LogP contribution in [0.5, 0.6) is 0 Å². The van der Waals surface area contributed by atoms with Crippen LogP contribution in [-0.2, 0) is 14.8 Å². The van der Waals surface area contributed by atoms with Gasteiger partial charge in [0.1, 0.15) is 4.90 Å². The summed E-state index contributed by atoms with van der Waals surface area (Å²) in [5, 5.41) is 3.16. The Morgan fingerprint density at radius 2 is 2.05 bits per heavy atom. The summed E-state index contributed by atoms with van der Waals surface area (Å²) in [5.74, 6) is 0.542. The van der Waals surface area contributed by atoms with Gasteiger partial charge >= 0.3 is 0 Å². The topological polar surface area (TPSA) is 66.5 Å². The number of nitrogens with zero attached hydrogens (tertiary/aromatic N) is 1. The van der Waals surface area contributed by atoms with E-state index in [2.05, 4.69) is 5.32 Å². The average molecular weight is 318 g/mol. The Morgan fingerprint density at radius 3 is 2.86 bits per heavy atom. The second-order valence-corrected chi connectivity index (χ2v) is 8.27. The second-order valence-electron chi connectivity index (χ2n) is 6.36. The van der Waals surface area contributed by atoms with Gasteiger partial charge in [0.05, 0.1) is 5.69 Å². The lowest BCUT2D eigenvalue weighted by Crippen LogP contribution is -2.43. The molecule has 1 aromatic rings. The lowest BCUT2D eigenvalue weighted by molar-refractivity contribution is -0.115. The number of hydrogen-bond acceptors (Lipinski definition) is 4. The minimum Gasteiger partial charge on any atom is -0.380 e. The molecule has 2 heterocycles. The molecule has 0 radical (unpaired) electrons. The Balaban J connectivity index is 1.92. The maximum atomic E-state index is 13.0. The number of ketones is 1. The molecule has 22 heavy (non-hydrogen) atoms. The predicted octanol–water partition coefficient (Wildman–Crippen LogP) is 1.64. The molecule has 0 amide bonds. The summed E-state index contributed by atoms with van der Waals surface area (Å²) in [6.07, 6.45) is 0.531. The number of hydrogen-bond donors (Lipinski definition) is 1. The first-order valence-electron chi connectivity index (χ1n) is 7.56. The van der Waals surface area contributed by atoms with Crippen molar-refractivity contribution in [3.8, 4) is 0 Å². The van der Waals surface area contributed by atoms with Crippen molar-refractivity contribution in [1.82, 2.24) is 4.31 Å². The Hall–Kier alpha value is -1.66. The van der Waals surface area contributed by atoms with Crippen molar-refractivity contribution in [3.63, 3.8) is 0 Å². The SMILES string of the molecule is C[C@H]1CN2CC3=C(CNc4ccccc4S2(=O)=O)C(=O)C[C@H]31. The van der Waals surface area contributed by atoms with Crippen LogP contribution in [0.1, 0.15) is 13.3 Å². The van der Waals surface area contributed by atoms with E-state index in [0.717, 1.165) is 11.1 Å². The zero-order valence-corrected chi connectivity index (χ0v) is 13.2. The predicted molar refractivity (Wildman–Crippen MR) is 83.0 cm³/mol. The third-order valence-electron chi connectivity index (χ3n) is 5.06. The molecule has 1 saturated heterocycles. The summed E-state index contributed by atoms with van der Waals surface area (Å²) >= 11 is 0. The van der Waals surface area contributed by atoms with Crippen LogP contribution >= 0.6 is 0 Å². The van der Waals surface area contributed by atoms with E-state index >= 15 is 0 Å². The molecule has 1 aromatic carbocycles. The molecule has 1 aliphatic carbocycles. The molecule has 1 N–H and O–H groups in total. The fraction of sp³-hybridized carbons (Fsp3) is 0.438. The fourth-order valence-corrected chi connectivity index (χ4v) is 5.55. The second kappa shape index (κ2) is 4.67. The third kappa shape index (κ3) is 1.87. The summed E-state index contributed by atoms with van der Waals surface area (Å²) in [6.45, 7) is 3.29. The standard InChI is InChI=1S/C16H18N2O3S/c1-10-8-18-9-13-11(10)6-15(19)12(13)7-17-14-4-2-3-5-16(14)22(18,20)21/h2-5,10-11,17H,6-9H2,1H3/t10-,11-/m0/s1. The van der Waals surface area contributed by atoms with Crippen molar-refractivity contribution in [3.05, 3.63) is 35.4 Å². The van der Waals surface area contributed by atoms with E-state index in [1.165, 1.54) is 4.31 Å². The van der Waals surface area contributed by atoms with Gasteiger partial charge in [-0.2, -0.15) is 4.31 Å². The van der Waals surface area contributed by atoms with E-state index in [1.807, 2.05) is 6.92 Å². The minimum absolute atomic E-state index is 0.165. The quantitative estimate of drug-likeness (QED) is 0.790. The molecular weight excluding hydrogens is 300 g/mol. The molecule has 0 spiro atoms. The van der Waals surface area contributed by atoms with Crippen molar-refractivity contribution in [2.75, 3.05) is 25.0 Å². The Kier molecular flexibility index (Phi) is 2.96. The molecular formula is C16H18N2O3S. The highest BCUT2D eigenvalue weighted by atomic mass is 32.2. The van der Waals surface area contributed by atoms with Crippen LogP contribution in [0.2, 0.25) is 0 Å². The third-order valence-corrected chi connectivity index (χ3v) is 6.93. The zero-order valence-electron chi connectivity index (χ0n) is 12.4. The molecule has 3 atom stereocenters. The highest BCUT2D eigenvalue weighted by molar-refractivity contribution is 7.89. The molecule has 0 aromatic heterocycles. The van der Waals surface area contributed by atoms with Crippen LogP contribution in [0.15, 0.2) is 40.3 Å². The molecule has 3 aliphatic rings. The largest absolute Gasteiger partial charge is 0.380 e. The lowest BCUT2D eigenvalue weighted by Gasteiger charge is -2.35. The fourth-order valence-electron chi connectivity index (χ4n) is 3.86. The van der Waals surface area contributed by atoms with Crippen LogP contribution in [0.25, 0.3) is 0 Å². The van der Waals surface area contributed by atoms with Gasteiger partial charge in [0, 0.05) is 31.6 Å². The highest BCUT2D eigenvalue weighted by Gasteiger charge is 2.44. The van der Waals surface area contributed by atoms with E-state index in [9.17, 15) is 13.2 Å². The van der Waals surface area contributed by atoms with Crippen LogP contribution in [0, 0.1) is 11.8 Å². The van der Waals surface area contributed by atoms with Gasteiger partial charge in [-0.3, -0.25) is 4.79 Å². The van der Waals surface area contributed by atoms with Gasteiger partial charge in [-0.1, -0.05) is 19.1 Å². The number of anilines is 1. The van der Waals surface area contributed by atoms with Crippen LogP contribution in [-0.4, -0.2) is 38.1 Å². The number of sulfonamides is 1. The van der Waals surface area contributed by atoms with Crippen molar-refractivity contribution >= 4 is 21.5 Å². The van der Waals surface area contributed by atoms with Crippen molar-refractivity contribution in [1.29, 1.82) is 0 Å². The number of carbonyl (C=O) groups is 1. The average Bonchev–Trinajstić information content (AvgIpc) is 2.82. The smallest absolute Gasteiger partial charge is 0.245 e. The van der Waals surface area contributed by atoms with Crippen molar-refractivity contribution in [2.45, 2.75) is 18.2 Å². The summed E-state index contributed by atoms with van der Waals surface area (Å²) < 4.78 is 27.5.